The maximum Gasteiger partial charge on any atom is 0.327 e. The second kappa shape index (κ2) is 10.1. The van der Waals surface area contributed by atoms with Crippen molar-refractivity contribution in [2.75, 3.05) is 33.4 Å². The molecule has 5 nitrogen and oxygen atoms in total. The number of carbonyl (C=O) groups excluding carboxylic acids is 1. The summed E-state index contributed by atoms with van der Waals surface area (Å²) in [5.41, 5.74) is -0.707. The van der Waals surface area contributed by atoms with Crippen LogP contribution in [0.25, 0.3) is 0 Å². The lowest BCUT2D eigenvalue weighted by Crippen LogP contribution is -2.60. The van der Waals surface area contributed by atoms with Gasteiger partial charge in [0.25, 0.3) is 0 Å². The van der Waals surface area contributed by atoms with Crippen LogP contribution in [0.2, 0.25) is 0 Å². The second-order valence-corrected chi connectivity index (χ2v) is 6.07. The predicted molar refractivity (Wildman–Crippen MR) is 86.5 cm³/mol. The van der Waals surface area contributed by atoms with E-state index in [4.69, 9.17) is 9.47 Å². The van der Waals surface area contributed by atoms with Crippen LogP contribution in [0.3, 0.4) is 0 Å². The molecule has 0 amide bonds. The molecule has 126 valence electrons. The molecule has 0 rings (SSSR count). The summed E-state index contributed by atoms with van der Waals surface area (Å²) in [4.78, 5) is 14.7. The van der Waals surface area contributed by atoms with Crippen molar-refractivity contribution in [1.82, 2.24) is 10.2 Å². The molecule has 2 atom stereocenters. The van der Waals surface area contributed by atoms with Gasteiger partial charge in [-0.2, -0.15) is 0 Å². The molecule has 0 aromatic heterocycles. The van der Waals surface area contributed by atoms with Crippen LogP contribution in [0.5, 0.6) is 0 Å². The largest absolute Gasteiger partial charge is 0.465 e. The Balaban J connectivity index is 5.06. The molecule has 0 spiro atoms. The molecular formula is C16H34N2O3. The maximum absolute atomic E-state index is 12.4. The average molecular weight is 302 g/mol. The first-order valence-electron chi connectivity index (χ1n) is 7.98. The molecular weight excluding hydrogens is 268 g/mol. The standard InChI is InChI=1S/C16H34N2O3/c1-8-14(5)18(10-11-20-7)12-16(6,17-13(3)4)15(19)21-9-2/h13-14,17H,8-12H2,1-7H3. The summed E-state index contributed by atoms with van der Waals surface area (Å²) in [7, 11) is 1.70. The van der Waals surface area contributed by atoms with Crippen LogP contribution in [-0.4, -0.2) is 61.9 Å². The first kappa shape index (κ1) is 20.3. The van der Waals surface area contributed by atoms with E-state index in [1.807, 2.05) is 27.7 Å². The summed E-state index contributed by atoms with van der Waals surface area (Å²) in [6, 6.07) is 0.600. The molecule has 0 saturated carbocycles. The summed E-state index contributed by atoms with van der Waals surface area (Å²) in [6.07, 6.45) is 1.03. The van der Waals surface area contributed by atoms with Gasteiger partial charge in [-0.3, -0.25) is 15.0 Å². The molecule has 0 aromatic rings. The van der Waals surface area contributed by atoms with Gasteiger partial charge in [0.05, 0.1) is 13.2 Å². The fraction of sp³-hybridized carbons (Fsp3) is 0.938. The van der Waals surface area contributed by atoms with E-state index in [2.05, 4.69) is 24.1 Å². The number of nitrogens with one attached hydrogen (secondary N) is 1. The third-order valence-electron chi connectivity index (χ3n) is 3.65. The molecule has 0 aliphatic carbocycles. The Kier molecular flexibility index (Phi) is 9.83. The number of nitrogens with zero attached hydrogens (tertiary/aromatic N) is 1. The van der Waals surface area contributed by atoms with E-state index in [0.717, 1.165) is 13.0 Å². The Morgan fingerprint density at radius 2 is 1.90 bits per heavy atom. The minimum Gasteiger partial charge on any atom is -0.465 e. The minimum absolute atomic E-state index is 0.190. The number of rotatable bonds is 11. The van der Waals surface area contributed by atoms with E-state index in [9.17, 15) is 4.79 Å². The maximum atomic E-state index is 12.4. The molecule has 2 unspecified atom stereocenters. The molecule has 0 aliphatic rings. The van der Waals surface area contributed by atoms with Gasteiger partial charge < -0.3 is 9.47 Å². The molecule has 0 aliphatic heterocycles. The van der Waals surface area contributed by atoms with E-state index in [0.29, 0.717) is 25.8 Å². The molecule has 0 radical (unpaired) electrons. The molecule has 0 bridgehead atoms. The molecule has 1 N–H and O–H groups in total. The van der Waals surface area contributed by atoms with Gasteiger partial charge in [-0.15, -0.1) is 0 Å². The zero-order valence-corrected chi connectivity index (χ0v) is 14.9. The van der Waals surface area contributed by atoms with Crippen molar-refractivity contribution in [2.45, 2.75) is 65.6 Å². The molecule has 0 saturated heterocycles. The summed E-state index contributed by atoms with van der Waals surface area (Å²) in [6.45, 7) is 14.7. The fourth-order valence-corrected chi connectivity index (χ4v) is 2.42. The van der Waals surface area contributed by atoms with Crippen LogP contribution in [0.4, 0.5) is 0 Å². The summed E-state index contributed by atoms with van der Waals surface area (Å²) in [5.74, 6) is -0.190. The van der Waals surface area contributed by atoms with Crippen LogP contribution in [0.1, 0.15) is 48.0 Å². The van der Waals surface area contributed by atoms with E-state index in [1.165, 1.54) is 0 Å². The van der Waals surface area contributed by atoms with Gasteiger partial charge >= 0.3 is 5.97 Å². The SMILES string of the molecule is CCOC(=O)C(C)(CN(CCOC)C(C)CC)NC(C)C. The van der Waals surface area contributed by atoms with E-state index < -0.39 is 5.54 Å². The Morgan fingerprint density at radius 3 is 2.33 bits per heavy atom. The lowest BCUT2D eigenvalue weighted by Gasteiger charge is -2.38. The molecule has 0 fully saturated rings. The van der Waals surface area contributed by atoms with E-state index >= 15 is 0 Å². The summed E-state index contributed by atoms with van der Waals surface area (Å²) >= 11 is 0. The molecule has 0 aromatic carbocycles. The van der Waals surface area contributed by atoms with Gasteiger partial charge in [0.1, 0.15) is 5.54 Å². The number of ether oxygens (including phenoxy) is 2. The average Bonchev–Trinajstić information content (AvgIpc) is 2.42. The van der Waals surface area contributed by atoms with Crippen molar-refractivity contribution in [3.05, 3.63) is 0 Å². The fourth-order valence-electron chi connectivity index (χ4n) is 2.42. The first-order chi connectivity index (χ1) is 9.80. The van der Waals surface area contributed by atoms with Crippen molar-refractivity contribution in [2.24, 2.45) is 0 Å². The minimum atomic E-state index is -0.707. The van der Waals surface area contributed by atoms with Crippen molar-refractivity contribution in [1.29, 1.82) is 0 Å². The highest BCUT2D eigenvalue weighted by Gasteiger charge is 2.37. The third kappa shape index (κ3) is 7.25. The van der Waals surface area contributed by atoms with Gasteiger partial charge in [-0.05, 0) is 41.0 Å². The Labute approximate surface area is 130 Å². The van der Waals surface area contributed by atoms with Crippen LogP contribution >= 0.6 is 0 Å². The van der Waals surface area contributed by atoms with Crippen LogP contribution in [0, 0.1) is 0 Å². The van der Waals surface area contributed by atoms with Crippen LogP contribution in [0.15, 0.2) is 0 Å². The molecule has 21 heavy (non-hydrogen) atoms. The van der Waals surface area contributed by atoms with Crippen molar-refractivity contribution < 1.29 is 14.3 Å². The Morgan fingerprint density at radius 1 is 1.29 bits per heavy atom. The number of hydrogen-bond donors (Lipinski definition) is 1. The number of carbonyl (C=O) groups is 1. The molecule has 5 heteroatoms. The van der Waals surface area contributed by atoms with Gasteiger partial charge in [0.2, 0.25) is 0 Å². The quantitative estimate of drug-likeness (QED) is 0.592. The second-order valence-electron chi connectivity index (χ2n) is 6.07. The van der Waals surface area contributed by atoms with Crippen molar-refractivity contribution in [3.63, 3.8) is 0 Å². The lowest BCUT2D eigenvalue weighted by atomic mass is 9.99. The van der Waals surface area contributed by atoms with Crippen molar-refractivity contribution in [3.8, 4) is 0 Å². The number of esters is 1. The highest BCUT2D eigenvalue weighted by Crippen LogP contribution is 2.15. The van der Waals surface area contributed by atoms with Crippen LogP contribution in [-0.2, 0) is 14.3 Å². The highest BCUT2D eigenvalue weighted by atomic mass is 16.5. The number of hydrogen-bond acceptors (Lipinski definition) is 5. The molecule has 0 heterocycles. The van der Waals surface area contributed by atoms with E-state index in [-0.39, 0.29) is 12.0 Å². The zero-order chi connectivity index (χ0) is 16.5. The van der Waals surface area contributed by atoms with Crippen molar-refractivity contribution >= 4 is 5.97 Å². The zero-order valence-electron chi connectivity index (χ0n) is 14.9. The van der Waals surface area contributed by atoms with Gasteiger partial charge in [0.15, 0.2) is 0 Å². The predicted octanol–water partition coefficient (Wildman–Crippen LogP) is 2.05. The number of methoxy groups -OCH3 is 1. The topological polar surface area (TPSA) is 50.8 Å². The highest BCUT2D eigenvalue weighted by molar-refractivity contribution is 5.80. The summed E-state index contributed by atoms with van der Waals surface area (Å²) < 4.78 is 10.5. The summed E-state index contributed by atoms with van der Waals surface area (Å²) in [5, 5.41) is 3.37. The van der Waals surface area contributed by atoms with Crippen LogP contribution < -0.4 is 5.32 Å². The first-order valence-corrected chi connectivity index (χ1v) is 7.98. The van der Waals surface area contributed by atoms with Gasteiger partial charge in [-0.25, -0.2) is 0 Å². The Hall–Kier alpha value is -0.650. The third-order valence-corrected chi connectivity index (χ3v) is 3.65. The lowest BCUT2D eigenvalue weighted by molar-refractivity contribution is -0.152. The normalized spacial score (nSPS) is 16.0. The smallest absolute Gasteiger partial charge is 0.327 e. The van der Waals surface area contributed by atoms with E-state index in [1.54, 1.807) is 7.11 Å². The monoisotopic (exact) mass is 302 g/mol. The van der Waals surface area contributed by atoms with Gasteiger partial charge in [0, 0.05) is 32.3 Å². The van der Waals surface area contributed by atoms with Gasteiger partial charge in [-0.1, -0.05) is 6.92 Å². The Bertz CT molecular complexity index is 297.